The van der Waals surface area contributed by atoms with Crippen LogP contribution in [0.1, 0.15) is 21.6 Å². The molecule has 4 nitrogen and oxygen atoms in total. The van der Waals surface area contributed by atoms with Crippen LogP contribution in [0.3, 0.4) is 0 Å². The number of hydrogen-bond acceptors (Lipinski definition) is 2. The lowest BCUT2D eigenvalue weighted by Crippen LogP contribution is -2.11. The van der Waals surface area contributed by atoms with Crippen LogP contribution in [0.2, 0.25) is 0 Å². The van der Waals surface area contributed by atoms with E-state index in [4.69, 9.17) is 4.74 Å². The molecule has 4 heteroatoms. The molecule has 1 heterocycles. The Morgan fingerprint density at radius 1 is 1.04 bits per heavy atom. The molecule has 0 spiro atoms. The molecular weight excluding hydrogens is 326 g/mol. The lowest BCUT2D eigenvalue weighted by molar-refractivity contribution is 0.0685. The largest absolute Gasteiger partial charge is 0.494 e. The molecule has 0 fully saturated rings. The second-order valence-corrected chi connectivity index (χ2v) is 6.38. The van der Waals surface area contributed by atoms with Gasteiger partial charge in [-0.15, -0.1) is 0 Å². The fourth-order valence-corrected chi connectivity index (χ4v) is 3.71. The fraction of sp³-hybridized carbons (Fsp3) is 0.136. The van der Waals surface area contributed by atoms with E-state index in [-0.39, 0.29) is 0 Å². The smallest absolute Gasteiger partial charge is 0.352 e. The van der Waals surface area contributed by atoms with E-state index in [9.17, 15) is 9.90 Å². The first-order chi connectivity index (χ1) is 12.6. The Labute approximate surface area is 151 Å². The van der Waals surface area contributed by atoms with Crippen molar-refractivity contribution in [3.8, 4) is 5.75 Å². The third-order valence-electron chi connectivity index (χ3n) is 4.86. The zero-order valence-corrected chi connectivity index (χ0v) is 14.7. The van der Waals surface area contributed by atoms with Crippen molar-refractivity contribution in [2.75, 3.05) is 7.11 Å². The van der Waals surface area contributed by atoms with Gasteiger partial charge in [0.05, 0.1) is 12.6 Å². The first kappa shape index (κ1) is 16.2. The van der Waals surface area contributed by atoms with Gasteiger partial charge in [-0.1, -0.05) is 54.6 Å². The predicted octanol–water partition coefficient (Wildman–Crippen LogP) is 4.86. The van der Waals surface area contributed by atoms with Crippen molar-refractivity contribution in [3.63, 3.8) is 0 Å². The second-order valence-electron chi connectivity index (χ2n) is 6.38. The Hall–Kier alpha value is -3.27. The molecule has 0 aliphatic heterocycles. The van der Waals surface area contributed by atoms with Crippen molar-refractivity contribution in [2.24, 2.45) is 0 Å². The van der Waals surface area contributed by atoms with E-state index in [2.05, 4.69) is 6.07 Å². The van der Waals surface area contributed by atoms with Gasteiger partial charge in [0.15, 0.2) is 5.75 Å². The highest BCUT2D eigenvalue weighted by molar-refractivity contribution is 6.09. The third-order valence-corrected chi connectivity index (χ3v) is 4.86. The zero-order chi connectivity index (χ0) is 18.3. The number of ether oxygens (including phenoxy) is 1. The van der Waals surface area contributed by atoms with Crippen LogP contribution in [0.4, 0.5) is 0 Å². The average molecular weight is 345 g/mol. The number of rotatable bonds is 4. The predicted molar refractivity (Wildman–Crippen MR) is 103 cm³/mol. The molecule has 0 atom stereocenters. The van der Waals surface area contributed by atoms with Crippen LogP contribution >= 0.6 is 0 Å². The van der Waals surface area contributed by atoms with Crippen molar-refractivity contribution >= 4 is 27.6 Å². The number of fused-ring (bicyclic) bond motifs is 2. The van der Waals surface area contributed by atoms with Gasteiger partial charge in [-0.3, -0.25) is 0 Å². The van der Waals surface area contributed by atoms with Gasteiger partial charge in [0, 0.05) is 17.3 Å². The quantitative estimate of drug-likeness (QED) is 0.575. The van der Waals surface area contributed by atoms with Crippen LogP contribution in [0.25, 0.3) is 21.7 Å². The molecule has 3 aromatic carbocycles. The molecule has 0 saturated heterocycles. The highest BCUT2D eigenvalue weighted by Crippen LogP contribution is 2.39. The molecule has 1 aromatic heterocycles. The minimum Gasteiger partial charge on any atom is -0.494 e. The molecule has 0 aliphatic carbocycles. The third kappa shape index (κ3) is 2.42. The molecule has 4 rings (SSSR count). The highest BCUT2D eigenvalue weighted by atomic mass is 16.5. The first-order valence-corrected chi connectivity index (χ1v) is 8.47. The van der Waals surface area contributed by atoms with Gasteiger partial charge in [0.2, 0.25) is 0 Å². The Balaban J connectivity index is 2.12. The van der Waals surface area contributed by atoms with Crippen molar-refractivity contribution in [2.45, 2.75) is 13.5 Å². The van der Waals surface area contributed by atoms with Gasteiger partial charge in [0.1, 0.15) is 5.69 Å². The monoisotopic (exact) mass is 345 g/mol. The van der Waals surface area contributed by atoms with E-state index in [1.54, 1.807) is 7.11 Å². The van der Waals surface area contributed by atoms with Crippen molar-refractivity contribution < 1.29 is 14.6 Å². The fourth-order valence-electron chi connectivity index (χ4n) is 3.71. The zero-order valence-electron chi connectivity index (χ0n) is 14.7. The van der Waals surface area contributed by atoms with Crippen LogP contribution in [0, 0.1) is 6.92 Å². The Kier molecular flexibility index (Phi) is 3.88. The molecule has 4 aromatic rings. The van der Waals surface area contributed by atoms with Gasteiger partial charge in [0.25, 0.3) is 0 Å². The summed E-state index contributed by atoms with van der Waals surface area (Å²) < 4.78 is 7.61. The summed E-state index contributed by atoms with van der Waals surface area (Å²) in [5.74, 6) is -0.217. The standard InChI is InChI=1S/C22H19NO3/c1-14-18-12-16-10-6-7-11-17(16)21(26-2)20(18)23(19(14)22(24)25)13-15-8-4-3-5-9-15/h3-12H,13H2,1-2H3,(H,24,25). The van der Waals surface area contributed by atoms with E-state index in [0.717, 1.165) is 32.8 Å². The maximum Gasteiger partial charge on any atom is 0.352 e. The minimum atomic E-state index is -0.930. The van der Waals surface area contributed by atoms with E-state index < -0.39 is 5.97 Å². The summed E-state index contributed by atoms with van der Waals surface area (Å²) in [4.78, 5) is 12.0. The van der Waals surface area contributed by atoms with Crippen LogP contribution in [-0.4, -0.2) is 22.8 Å². The van der Waals surface area contributed by atoms with E-state index in [1.807, 2.05) is 66.1 Å². The summed E-state index contributed by atoms with van der Waals surface area (Å²) in [5.41, 5.74) is 2.93. The Morgan fingerprint density at radius 3 is 2.42 bits per heavy atom. The number of aryl methyl sites for hydroxylation is 1. The minimum absolute atomic E-state index is 0.303. The molecule has 0 radical (unpaired) electrons. The summed E-state index contributed by atoms with van der Waals surface area (Å²) in [7, 11) is 1.64. The summed E-state index contributed by atoms with van der Waals surface area (Å²) in [6, 6.07) is 19.9. The number of nitrogens with zero attached hydrogens (tertiary/aromatic N) is 1. The Morgan fingerprint density at radius 2 is 1.73 bits per heavy atom. The number of aromatic carboxylic acids is 1. The van der Waals surface area contributed by atoms with Crippen molar-refractivity contribution in [3.05, 3.63) is 77.5 Å². The normalized spacial score (nSPS) is 11.2. The number of carboxylic acids is 1. The second kappa shape index (κ2) is 6.23. The topological polar surface area (TPSA) is 51.5 Å². The molecule has 1 N–H and O–H groups in total. The van der Waals surface area contributed by atoms with E-state index in [1.165, 1.54) is 0 Å². The van der Waals surface area contributed by atoms with Gasteiger partial charge in [-0.25, -0.2) is 4.79 Å². The number of benzene rings is 3. The molecule has 0 amide bonds. The lowest BCUT2D eigenvalue weighted by atomic mass is 10.0. The van der Waals surface area contributed by atoms with Gasteiger partial charge in [-0.05, 0) is 29.5 Å². The van der Waals surface area contributed by atoms with Gasteiger partial charge < -0.3 is 14.4 Å². The lowest BCUT2D eigenvalue weighted by Gasteiger charge is -2.13. The average Bonchev–Trinajstić information content (AvgIpc) is 2.92. The number of aromatic nitrogens is 1. The molecule has 0 unspecified atom stereocenters. The molecule has 0 bridgehead atoms. The SMILES string of the molecule is COc1c2ccccc2cc2c(C)c(C(=O)O)n(Cc3ccccc3)c12. The summed E-state index contributed by atoms with van der Waals surface area (Å²) in [6.07, 6.45) is 0. The van der Waals surface area contributed by atoms with Crippen molar-refractivity contribution in [1.82, 2.24) is 4.57 Å². The number of carboxylic acid groups (broad SMARTS) is 1. The first-order valence-electron chi connectivity index (χ1n) is 8.47. The number of carbonyl (C=O) groups is 1. The maximum atomic E-state index is 12.0. The van der Waals surface area contributed by atoms with E-state index >= 15 is 0 Å². The summed E-state index contributed by atoms with van der Waals surface area (Å²) in [6.45, 7) is 2.34. The number of hydrogen-bond donors (Lipinski definition) is 1. The molecule has 0 saturated carbocycles. The van der Waals surface area contributed by atoms with Crippen LogP contribution in [-0.2, 0) is 6.54 Å². The Bertz CT molecular complexity index is 1130. The van der Waals surface area contributed by atoms with Crippen LogP contribution < -0.4 is 4.74 Å². The van der Waals surface area contributed by atoms with Gasteiger partial charge >= 0.3 is 5.97 Å². The van der Waals surface area contributed by atoms with Crippen LogP contribution in [0.5, 0.6) is 5.75 Å². The molecule has 26 heavy (non-hydrogen) atoms. The molecular formula is C22H19NO3. The maximum absolute atomic E-state index is 12.0. The number of methoxy groups -OCH3 is 1. The highest BCUT2D eigenvalue weighted by Gasteiger charge is 2.23. The van der Waals surface area contributed by atoms with Crippen LogP contribution in [0.15, 0.2) is 60.7 Å². The van der Waals surface area contributed by atoms with Crippen molar-refractivity contribution in [1.29, 1.82) is 0 Å². The summed E-state index contributed by atoms with van der Waals surface area (Å²) in [5, 5.41) is 12.8. The van der Waals surface area contributed by atoms with Gasteiger partial charge in [-0.2, -0.15) is 0 Å². The van der Waals surface area contributed by atoms with E-state index in [0.29, 0.717) is 18.0 Å². The summed E-state index contributed by atoms with van der Waals surface area (Å²) >= 11 is 0. The molecule has 130 valence electrons. The molecule has 0 aliphatic rings.